The van der Waals surface area contributed by atoms with Crippen LogP contribution in [0.3, 0.4) is 0 Å². The van der Waals surface area contributed by atoms with Gasteiger partial charge in [-0.3, -0.25) is 4.79 Å². The first-order chi connectivity index (χ1) is 11.4. The summed E-state index contributed by atoms with van der Waals surface area (Å²) in [5, 5.41) is 10.9. The van der Waals surface area contributed by atoms with E-state index in [9.17, 15) is 14.3 Å². The van der Waals surface area contributed by atoms with Gasteiger partial charge in [-0.05, 0) is 36.8 Å². The highest BCUT2D eigenvalue weighted by molar-refractivity contribution is 9.10. The number of carbonyl (C=O) groups excluding carboxylic acids is 1. The number of carbonyl (C=O) groups is 1. The maximum absolute atomic E-state index is 13.1. The highest BCUT2D eigenvalue weighted by Crippen LogP contribution is 2.41. The maximum atomic E-state index is 13.1. The fourth-order valence-corrected chi connectivity index (χ4v) is 3.88. The van der Waals surface area contributed by atoms with Crippen molar-refractivity contribution in [1.82, 2.24) is 4.98 Å². The largest absolute Gasteiger partial charge is 0.506 e. The van der Waals surface area contributed by atoms with Gasteiger partial charge in [0.1, 0.15) is 16.6 Å². The molecule has 24 heavy (non-hydrogen) atoms. The number of amides is 1. The van der Waals surface area contributed by atoms with E-state index in [2.05, 4.69) is 20.9 Å². The van der Waals surface area contributed by atoms with Gasteiger partial charge in [-0.2, -0.15) is 0 Å². The van der Waals surface area contributed by atoms with Crippen molar-refractivity contribution in [3.8, 4) is 26.8 Å². The number of thiazole rings is 1. The molecule has 0 atom stereocenters. The van der Waals surface area contributed by atoms with E-state index < -0.39 is 5.91 Å². The lowest BCUT2D eigenvalue weighted by atomic mass is 10.1. The molecule has 0 aliphatic heterocycles. The van der Waals surface area contributed by atoms with Gasteiger partial charge >= 0.3 is 0 Å². The molecule has 0 saturated carbocycles. The Labute approximate surface area is 149 Å². The van der Waals surface area contributed by atoms with Gasteiger partial charge in [0.15, 0.2) is 0 Å². The van der Waals surface area contributed by atoms with Crippen molar-refractivity contribution in [2.45, 2.75) is 6.92 Å². The Morgan fingerprint density at radius 3 is 2.58 bits per heavy atom. The Bertz CT molecular complexity index is 939. The number of hydrogen-bond acceptors (Lipinski definition) is 4. The van der Waals surface area contributed by atoms with Gasteiger partial charge in [0.2, 0.25) is 0 Å². The first-order valence-corrected chi connectivity index (χ1v) is 8.54. The van der Waals surface area contributed by atoms with Crippen molar-refractivity contribution in [3.05, 3.63) is 57.9 Å². The van der Waals surface area contributed by atoms with Crippen molar-refractivity contribution in [1.29, 1.82) is 0 Å². The number of primary amides is 1. The first-order valence-electron chi connectivity index (χ1n) is 6.93. The number of rotatable bonds is 3. The Kier molecular flexibility index (Phi) is 4.38. The zero-order valence-corrected chi connectivity index (χ0v) is 14.9. The van der Waals surface area contributed by atoms with Crippen molar-refractivity contribution in [2.75, 3.05) is 0 Å². The smallest absolute Gasteiger partial charge is 0.252 e. The van der Waals surface area contributed by atoms with E-state index >= 15 is 0 Å². The van der Waals surface area contributed by atoms with E-state index in [0.717, 1.165) is 16.1 Å². The van der Waals surface area contributed by atoms with Crippen LogP contribution in [0.25, 0.3) is 21.0 Å². The Morgan fingerprint density at radius 2 is 1.96 bits per heavy atom. The molecule has 3 aromatic rings. The number of nitrogens with zero attached hydrogens (tertiary/aromatic N) is 1. The maximum Gasteiger partial charge on any atom is 0.252 e. The van der Waals surface area contributed by atoms with E-state index in [0.29, 0.717) is 15.0 Å². The molecule has 0 radical (unpaired) electrons. The summed E-state index contributed by atoms with van der Waals surface area (Å²) in [6, 6.07) is 9.26. The van der Waals surface area contributed by atoms with Gasteiger partial charge in [0.05, 0.1) is 21.7 Å². The summed E-state index contributed by atoms with van der Waals surface area (Å²) in [7, 11) is 0. The van der Waals surface area contributed by atoms with Gasteiger partial charge in [0, 0.05) is 4.47 Å². The molecule has 7 heteroatoms. The summed E-state index contributed by atoms with van der Waals surface area (Å²) < 4.78 is 13.7. The van der Waals surface area contributed by atoms with Crippen molar-refractivity contribution < 1.29 is 14.3 Å². The second kappa shape index (κ2) is 6.33. The third-order valence-electron chi connectivity index (χ3n) is 3.47. The predicted octanol–water partition coefficient (Wildman–Crippen LogP) is 4.49. The third kappa shape index (κ3) is 3.05. The van der Waals surface area contributed by atoms with E-state index in [-0.39, 0.29) is 17.1 Å². The Balaban J connectivity index is 2.14. The van der Waals surface area contributed by atoms with Gasteiger partial charge in [-0.25, -0.2) is 9.37 Å². The monoisotopic (exact) mass is 406 g/mol. The summed E-state index contributed by atoms with van der Waals surface area (Å²) in [5.41, 5.74) is 7.33. The van der Waals surface area contributed by atoms with E-state index in [1.54, 1.807) is 18.2 Å². The predicted molar refractivity (Wildman–Crippen MR) is 95.6 cm³/mol. The van der Waals surface area contributed by atoms with Crippen LogP contribution in [0.15, 0.2) is 40.9 Å². The quantitative estimate of drug-likeness (QED) is 0.672. The van der Waals surface area contributed by atoms with Crippen LogP contribution in [0.4, 0.5) is 4.39 Å². The minimum absolute atomic E-state index is 0.0237. The summed E-state index contributed by atoms with van der Waals surface area (Å²) in [6.45, 7) is 1.84. The molecule has 0 aliphatic rings. The molecule has 0 fully saturated rings. The number of benzene rings is 2. The highest BCUT2D eigenvalue weighted by atomic mass is 79.9. The molecule has 0 unspecified atom stereocenters. The van der Waals surface area contributed by atoms with Crippen LogP contribution < -0.4 is 5.73 Å². The zero-order chi connectivity index (χ0) is 17.4. The average molecular weight is 407 g/mol. The molecule has 0 spiro atoms. The lowest BCUT2D eigenvalue weighted by Crippen LogP contribution is -2.11. The number of nitrogens with two attached hydrogens (primary N) is 1. The van der Waals surface area contributed by atoms with E-state index in [4.69, 9.17) is 5.73 Å². The van der Waals surface area contributed by atoms with Gasteiger partial charge in [-0.1, -0.05) is 28.1 Å². The molecular formula is C17H12BrFN2O2S. The van der Waals surface area contributed by atoms with Crippen LogP contribution in [-0.4, -0.2) is 16.0 Å². The number of halogens is 2. The SMILES string of the molecule is Cc1nc(-c2cc(Br)cc(C(N)=O)c2O)sc1-c1ccc(F)cc1. The lowest BCUT2D eigenvalue weighted by Gasteiger charge is -2.06. The second-order valence-electron chi connectivity index (χ2n) is 5.15. The first kappa shape index (κ1) is 16.6. The summed E-state index contributed by atoms with van der Waals surface area (Å²) >= 11 is 4.66. The standard InChI is InChI=1S/C17H12BrFN2O2S/c1-8-15(9-2-4-11(19)5-3-9)24-17(21-8)13-7-10(18)6-12(14(13)22)16(20)23/h2-7,22H,1H3,(H2,20,23). The van der Waals surface area contributed by atoms with Gasteiger partial charge in [0.25, 0.3) is 5.91 Å². The van der Waals surface area contributed by atoms with Crippen molar-refractivity contribution >= 4 is 33.2 Å². The molecule has 1 aromatic heterocycles. The molecule has 0 bridgehead atoms. The van der Waals surface area contributed by atoms with Gasteiger partial charge < -0.3 is 10.8 Å². The summed E-state index contributed by atoms with van der Waals surface area (Å²) in [4.78, 5) is 16.8. The van der Waals surface area contributed by atoms with Crippen LogP contribution >= 0.6 is 27.3 Å². The van der Waals surface area contributed by atoms with Crippen LogP contribution in [-0.2, 0) is 0 Å². The number of aromatic hydroxyl groups is 1. The van der Waals surface area contributed by atoms with Crippen LogP contribution in [0.2, 0.25) is 0 Å². The van der Waals surface area contributed by atoms with Crippen LogP contribution in [0.5, 0.6) is 5.75 Å². The fraction of sp³-hybridized carbons (Fsp3) is 0.0588. The average Bonchev–Trinajstić information content (AvgIpc) is 2.91. The van der Waals surface area contributed by atoms with Crippen molar-refractivity contribution in [2.24, 2.45) is 5.73 Å². The number of aromatic nitrogens is 1. The van der Waals surface area contributed by atoms with Crippen molar-refractivity contribution in [3.63, 3.8) is 0 Å². The normalized spacial score (nSPS) is 10.8. The molecule has 3 rings (SSSR count). The third-order valence-corrected chi connectivity index (χ3v) is 5.17. The molecule has 4 nitrogen and oxygen atoms in total. The molecule has 1 amide bonds. The zero-order valence-electron chi connectivity index (χ0n) is 12.5. The topological polar surface area (TPSA) is 76.2 Å². The highest BCUT2D eigenvalue weighted by Gasteiger charge is 2.19. The molecule has 1 heterocycles. The van der Waals surface area contributed by atoms with Crippen LogP contribution in [0, 0.1) is 12.7 Å². The molecule has 122 valence electrons. The van der Waals surface area contributed by atoms with E-state index in [1.165, 1.54) is 29.5 Å². The molecule has 0 aliphatic carbocycles. The minimum Gasteiger partial charge on any atom is -0.506 e. The minimum atomic E-state index is -0.720. The second-order valence-corrected chi connectivity index (χ2v) is 7.07. The van der Waals surface area contributed by atoms with E-state index in [1.807, 2.05) is 6.92 Å². The molecule has 0 saturated heterocycles. The Hall–Kier alpha value is -2.25. The summed E-state index contributed by atoms with van der Waals surface area (Å²) in [5.74, 6) is -1.23. The number of phenols is 1. The Morgan fingerprint density at radius 1 is 1.29 bits per heavy atom. The lowest BCUT2D eigenvalue weighted by molar-refractivity contribution is 0.0998. The molecule has 3 N–H and O–H groups in total. The fourth-order valence-electron chi connectivity index (χ4n) is 2.33. The summed E-state index contributed by atoms with van der Waals surface area (Å²) in [6.07, 6.45) is 0. The molecular weight excluding hydrogens is 395 g/mol. The number of hydrogen-bond donors (Lipinski definition) is 2. The van der Waals surface area contributed by atoms with Gasteiger partial charge in [-0.15, -0.1) is 11.3 Å². The van der Waals surface area contributed by atoms with Crippen LogP contribution in [0.1, 0.15) is 16.1 Å². The molecule has 2 aromatic carbocycles. The number of aryl methyl sites for hydroxylation is 1.